The Morgan fingerprint density at radius 1 is 1.10 bits per heavy atom. The van der Waals surface area contributed by atoms with E-state index in [0.717, 1.165) is 51.2 Å². The van der Waals surface area contributed by atoms with Crippen molar-refractivity contribution in [3.05, 3.63) is 59.7 Å². The van der Waals surface area contributed by atoms with Crippen LogP contribution in [-0.4, -0.2) is 46.5 Å². The molecule has 30 heavy (non-hydrogen) atoms. The molecule has 2 aliphatic heterocycles. The number of nitrogens with one attached hydrogen (secondary N) is 2. The number of ether oxygens (including phenoxy) is 1. The smallest absolute Gasteiger partial charge is 0.232 e. The molecule has 1 atom stereocenters. The normalized spacial score (nSPS) is 20.0. The van der Waals surface area contributed by atoms with Crippen molar-refractivity contribution in [2.45, 2.75) is 38.3 Å². The highest BCUT2D eigenvalue weighted by Crippen LogP contribution is 2.27. The monoisotopic (exact) mass is 429 g/mol. The van der Waals surface area contributed by atoms with Gasteiger partial charge in [0, 0.05) is 31.4 Å². The quantitative estimate of drug-likeness (QED) is 0.707. The molecule has 7 heteroatoms. The van der Waals surface area contributed by atoms with Crippen molar-refractivity contribution in [1.29, 1.82) is 0 Å². The number of piperidine rings is 1. The Hall–Kier alpha value is -2.09. The third kappa shape index (κ3) is 5.14. The third-order valence-corrected chi connectivity index (χ3v) is 7.35. The standard InChI is InChI=1S/C23H31N3O3S/c1-2-30(27,28)25-20-7-5-8-21(16-20)26-13-10-19(11-14-26)24-17-23-22-9-4-3-6-18(22)12-15-29-23/h3-9,16,19,23-25H,2,10-15,17H2,1H3/t23-/m0/s1. The van der Waals surface area contributed by atoms with Crippen LogP contribution in [0.4, 0.5) is 11.4 Å². The molecule has 0 spiro atoms. The minimum absolute atomic E-state index is 0.0729. The number of sulfonamides is 1. The topological polar surface area (TPSA) is 70.7 Å². The molecule has 6 nitrogen and oxygen atoms in total. The van der Waals surface area contributed by atoms with E-state index in [1.165, 1.54) is 11.1 Å². The minimum Gasteiger partial charge on any atom is -0.372 e. The van der Waals surface area contributed by atoms with Crippen LogP contribution in [0.5, 0.6) is 0 Å². The van der Waals surface area contributed by atoms with Gasteiger partial charge < -0.3 is 15.0 Å². The first-order chi connectivity index (χ1) is 14.5. The van der Waals surface area contributed by atoms with E-state index in [1.54, 1.807) is 13.0 Å². The van der Waals surface area contributed by atoms with E-state index < -0.39 is 10.0 Å². The Labute approximate surface area is 179 Å². The predicted octanol–water partition coefficient (Wildman–Crippen LogP) is 3.32. The van der Waals surface area contributed by atoms with E-state index in [1.807, 2.05) is 18.2 Å². The summed E-state index contributed by atoms with van der Waals surface area (Å²) in [5.74, 6) is 0.0729. The fourth-order valence-electron chi connectivity index (χ4n) is 4.28. The molecule has 0 radical (unpaired) electrons. The molecule has 0 bridgehead atoms. The van der Waals surface area contributed by atoms with Crippen molar-refractivity contribution in [1.82, 2.24) is 5.32 Å². The zero-order chi connectivity index (χ0) is 21.0. The molecule has 1 saturated heterocycles. The van der Waals surface area contributed by atoms with Gasteiger partial charge in [-0.05, 0) is 55.5 Å². The van der Waals surface area contributed by atoms with Crippen molar-refractivity contribution < 1.29 is 13.2 Å². The fraction of sp³-hybridized carbons (Fsp3) is 0.478. The van der Waals surface area contributed by atoms with E-state index in [-0.39, 0.29) is 11.9 Å². The summed E-state index contributed by atoms with van der Waals surface area (Å²) in [6, 6.07) is 16.7. The first-order valence-electron chi connectivity index (χ1n) is 10.8. The summed E-state index contributed by atoms with van der Waals surface area (Å²) >= 11 is 0. The molecule has 162 valence electrons. The molecule has 4 rings (SSSR count). The maximum Gasteiger partial charge on any atom is 0.232 e. The zero-order valence-electron chi connectivity index (χ0n) is 17.5. The van der Waals surface area contributed by atoms with Crippen molar-refractivity contribution in [3.8, 4) is 0 Å². The van der Waals surface area contributed by atoms with Crippen molar-refractivity contribution in [2.24, 2.45) is 0 Å². The van der Waals surface area contributed by atoms with Crippen LogP contribution >= 0.6 is 0 Å². The van der Waals surface area contributed by atoms with E-state index >= 15 is 0 Å². The second-order valence-corrected chi connectivity index (χ2v) is 10.0. The number of fused-ring (bicyclic) bond motifs is 1. The Balaban J connectivity index is 1.30. The molecule has 0 aromatic heterocycles. The van der Waals surface area contributed by atoms with Crippen LogP contribution in [0, 0.1) is 0 Å². The van der Waals surface area contributed by atoms with Gasteiger partial charge in [0.1, 0.15) is 0 Å². The second kappa shape index (κ2) is 9.37. The Morgan fingerprint density at radius 3 is 2.70 bits per heavy atom. The van der Waals surface area contributed by atoms with Crippen LogP contribution in [0.25, 0.3) is 0 Å². The van der Waals surface area contributed by atoms with Crippen LogP contribution in [0.3, 0.4) is 0 Å². The largest absolute Gasteiger partial charge is 0.372 e. The lowest BCUT2D eigenvalue weighted by atomic mass is 9.97. The van der Waals surface area contributed by atoms with Crippen molar-refractivity contribution >= 4 is 21.4 Å². The molecule has 0 aliphatic carbocycles. The average molecular weight is 430 g/mol. The predicted molar refractivity (Wildman–Crippen MR) is 122 cm³/mol. The number of benzene rings is 2. The molecular weight excluding hydrogens is 398 g/mol. The number of rotatable bonds is 7. The van der Waals surface area contributed by atoms with Gasteiger partial charge in [0.05, 0.1) is 24.2 Å². The highest BCUT2D eigenvalue weighted by Gasteiger charge is 2.24. The molecule has 0 unspecified atom stereocenters. The summed E-state index contributed by atoms with van der Waals surface area (Å²) < 4.78 is 32.3. The molecule has 2 aromatic rings. The first kappa shape index (κ1) is 21.2. The highest BCUT2D eigenvalue weighted by atomic mass is 32.2. The molecular formula is C23H31N3O3S. The zero-order valence-corrected chi connectivity index (χ0v) is 18.3. The van der Waals surface area contributed by atoms with Gasteiger partial charge in [-0.25, -0.2) is 8.42 Å². The Morgan fingerprint density at radius 2 is 1.90 bits per heavy atom. The van der Waals surface area contributed by atoms with Gasteiger partial charge in [-0.15, -0.1) is 0 Å². The first-order valence-corrected chi connectivity index (χ1v) is 12.5. The average Bonchev–Trinajstić information content (AvgIpc) is 2.78. The fourth-order valence-corrected chi connectivity index (χ4v) is 4.91. The minimum atomic E-state index is -3.26. The summed E-state index contributed by atoms with van der Waals surface area (Å²) in [5.41, 5.74) is 4.42. The maximum absolute atomic E-state index is 11.8. The lowest BCUT2D eigenvalue weighted by Crippen LogP contribution is -2.44. The third-order valence-electron chi connectivity index (χ3n) is 6.04. The van der Waals surface area contributed by atoms with Gasteiger partial charge in [-0.2, -0.15) is 0 Å². The van der Waals surface area contributed by atoms with Crippen LogP contribution < -0.4 is 14.9 Å². The highest BCUT2D eigenvalue weighted by molar-refractivity contribution is 7.92. The van der Waals surface area contributed by atoms with Crippen LogP contribution in [0.15, 0.2) is 48.5 Å². The summed E-state index contributed by atoms with van der Waals surface area (Å²) in [4.78, 5) is 2.33. The Bertz CT molecular complexity index is 956. The molecule has 1 fully saturated rings. The molecule has 2 aliphatic rings. The SMILES string of the molecule is CCS(=O)(=O)Nc1cccc(N2CCC(NC[C@@H]3OCCc4ccccc43)CC2)c1. The second-order valence-electron chi connectivity index (χ2n) is 8.03. The lowest BCUT2D eigenvalue weighted by molar-refractivity contribution is 0.0401. The van der Waals surface area contributed by atoms with Gasteiger partial charge in [0.25, 0.3) is 0 Å². The molecule has 2 N–H and O–H groups in total. The number of anilines is 2. The van der Waals surface area contributed by atoms with Gasteiger partial charge in [-0.3, -0.25) is 4.72 Å². The molecule has 2 heterocycles. The summed E-state index contributed by atoms with van der Waals surface area (Å²) in [6.45, 7) is 5.17. The van der Waals surface area contributed by atoms with Crippen LogP contribution in [0.2, 0.25) is 0 Å². The summed E-state index contributed by atoms with van der Waals surface area (Å²) in [5, 5.41) is 3.71. The summed E-state index contributed by atoms with van der Waals surface area (Å²) in [6.07, 6.45) is 3.24. The number of hydrogen-bond acceptors (Lipinski definition) is 5. The Kier molecular flexibility index (Phi) is 6.61. The van der Waals surface area contributed by atoms with Crippen LogP contribution in [-0.2, 0) is 21.2 Å². The van der Waals surface area contributed by atoms with E-state index in [4.69, 9.17) is 4.74 Å². The summed E-state index contributed by atoms with van der Waals surface area (Å²) in [7, 11) is -3.26. The lowest BCUT2D eigenvalue weighted by Gasteiger charge is -2.35. The van der Waals surface area contributed by atoms with E-state index in [9.17, 15) is 8.42 Å². The molecule has 0 amide bonds. The molecule has 2 aromatic carbocycles. The van der Waals surface area contributed by atoms with E-state index in [0.29, 0.717) is 11.7 Å². The van der Waals surface area contributed by atoms with Gasteiger partial charge >= 0.3 is 0 Å². The number of nitrogens with zero attached hydrogens (tertiary/aromatic N) is 1. The van der Waals surface area contributed by atoms with E-state index in [2.05, 4.69) is 39.2 Å². The van der Waals surface area contributed by atoms with Crippen LogP contribution in [0.1, 0.15) is 37.0 Å². The maximum atomic E-state index is 11.8. The van der Waals surface area contributed by atoms with Gasteiger partial charge in [0.2, 0.25) is 10.0 Å². The molecule has 0 saturated carbocycles. The van der Waals surface area contributed by atoms with Gasteiger partial charge in [0.15, 0.2) is 0 Å². The van der Waals surface area contributed by atoms with Crippen molar-refractivity contribution in [2.75, 3.05) is 41.6 Å². The van der Waals surface area contributed by atoms with Crippen molar-refractivity contribution in [3.63, 3.8) is 0 Å². The van der Waals surface area contributed by atoms with Gasteiger partial charge in [-0.1, -0.05) is 30.3 Å². The number of hydrogen-bond donors (Lipinski definition) is 2.